The van der Waals surface area contributed by atoms with E-state index in [2.05, 4.69) is 9.97 Å². The van der Waals surface area contributed by atoms with Crippen LogP contribution in [0, 0.1) is 0 Å². The Morgan fingerprint density at radius 1 is 1.69 bits per heavy atom. The van der Waals surface area contributed by atoms with E-state index in [-0.39, 0.29) is 23.0 Å². The first-order valence-electron chi connectivity index (χ1n) is 3.26. The maximum atomic E-state index is 10.7. The fourth-order valence-corrected chi connectivity index (χ4v) is 0.954. The number of nitrogens with two attached hydrogens (primary N) is 1. The van der Waals surface area contributed by atoms with Crippen molar-refractivity contribution in [1.82, 2.24) is 9.97 Å². The molecule has 0 spiro atoms. The Labute approximate surface area is 77.4 Å². The SMILES string of the molecule is Nc1nc(=O)[nH]c(CC(=O)O)c1Cl. The summed E-state index contributed by atoms with van der Waals surface area (Å²) in [5.74, 6) is -1.27. The molecule has 0 bridgehead atoms. The maximum Gasteiger partial charge on any atom is 0.347 e. The Morgan fingerprint density at radius 3 is 2.85 bits per heavy atom. The molecular weight excluding hydrogens is 198 g/mol. The first-order chi connectivity index (χ1) is 6.00. The molecule has 0 aliphatic rings. The van der Waals surface area contributed by atoms with Crippen molar-refractivity contribution < 1.29 is 9.90 Å². The number of carboxylic acids is 1. The highest BCUT2D eigenvalue weighted by Gasteiger charge is 2.10. The summed E-state index contributed by atoms with van der Waals surface area (Å²) in [6.07, 6.45) is -0.388. The third kappa shape index (κ3) is 2.19. The molecule has 0 amide bonds. The summed E-state index contributed by atoms with van der Waals surface area (Å²) in [6, 6.07) is 0. The number of rotatable bonds is 2. The van der Waals surface area contributed by atoms with Crippen LogP contribution in [0.2, 0.25) is 5.02 Å². The number of aromatic nitrogens is 2. The van der Waals surface area contributed by atoms with Crippen molar-refractivity contribution >= 4 is 23.4 Å². The summed E-state index contributed by atoms with van der Waals surface area (Å²) in [5.41, 5.74) is 4.59. The molecule has 1 rings (SSSR count). The number of hydrogen-bond acceptors (Lipinski definition) is 4. The molecular formula is C6H6ClN3O3. The molecule has 0 aliphatic heterocycles. The van der Waals surface area contributed by atoms with Crippen LogP contribution in [0.3, 0.4) is 0 Å². The van der Waals surface area contributed by atoms with Crippen molar-refractivity contribution in [3.8, 4) is 0 Å². The van der Waals surface area contributed by atoms with Crippen LogP contribution >= 0.6 is 11.6 Å². The van der Waals surface area contributed by atoms with Crippen LogP contribution in [0.25, 0.3) is 0 Å². The van der Waals surface area contributed by atoms with Crippen LogP contribution < -0.4 is 11.4 Å². The van der Waals surface area contributed by atoms with Crippen molar-refractivity contribution in [3.05, 3.63) is 21.2 Å². The van der Waals surface area contributed by atoms with Crippen molar-refractivity contribution in [2.75, 3.05) is 5.73 Å². The predicted octanol–water partition coefficient (Wildman–Crippen LogP) is -0.367. The van der Waals surface area contributed by atoms with Gasteiger partial charge in [0.25, 0.3) is 0 Å². The third-order valence-corrected chi connectivity index (χ3v) is 1.72. The first-order valence-corrected chi connectivity index (χ1v) is 3.64. The molecule has 13 heavy (non-hydrogen) atoms. The van der Waals surface area contributed by atoms with Crippen LogP contribution in [-0.2, 0) is 11.2 Å². The number of halogens is 1. The molecule has 1 heterocycles. The Kier molecular flexibility index (Phi) is 2.52. The Morgan fingerprint density at radius 2 is 2.31 bits per heavy atom. The molecule has 0 fully saturated rings. The number of carboxylic acid groups (broad SMARTS) is 1. The van der Waals surface area contributed by atoms with Crippen LogP contribution in [0.5, 0.6) is 0 Å². The summed E-state index contributed by atoms with van der Waals surface area (Å²) in [4.78, 5) is 26.5. The molecule has 1 aromatic rings. The topological polar surface area (TPSA) is 109 Å². The van der Waals surface area contributed by atoms with Gasteiger partial charge in [0.15, 0.2) is 0 Å². The molecule has 1 aromatic heterocycles. The van der Waals surface area contributed by atoms with Crippen molar-refractivity contribution in [2.45, 2.75) is 6.42 Å². The summed E-state index contributed by atoms with van der Waals surface area (Å²) in [7, 11) is 0. The van der Waals surface area contributed by atoms with Crippen LogP contribution in [0.4, 0.5) is 5.82 Å². The van der Waals surface area contributed by atoms with Crippen LogP contribution in [-0.4, -0.2) is 21.0 Å². The first kappa shape index (κ1) is 9.53. The molecule has 0 unspecified atom stereocenters. The van der Waals surface area contributed by atoms with Gasteiger partial charge >= 0.3 is 11.7 Å². The van der Waals surface area contributed by atoms with E-state index < -0.39 is 11.7 Å². The Balaban J connectivity index is 3.20. The fraction of sp³-hybridized carbons (Fsp3) is 0.167. The number of nitrogen functional groups attached to an aromatic ring is 1. The van der Waals surface area contributed by atoms with E-state index in [9.17, 15) is 9.59 Å². The van der Waals surface area contributed by atoms with E-state index in [4.69, 9.17) is 22.4 Å². The van der Waals surface area contributed by atoms with Gasteiger partial charge in [-0.1, -0.05) is 11.6 Å². The maximum absolute atomic E-state index is 10.7. The lowest BCUT2D eigenvalue weighted by molar-refractivity contribution is -0.136. The van der Waals surface area contributed by atoms with Gasteiger partial charge in [-0.15, -0.1) is 0 Å². The smallest absolute Gasteiger partial charge is 0.347 e. The zero-order valence-corrected chi connectivity index (χ0v) is 7.13. The van der Waals surface area contributed by atoms with Gasteiger partial charge in [0, 0.05) is 0 Å². The summed E-state index contributed by atoms with van der Waals surface area (Å²) < 4.78 is 0. The highest BCUT2D eigenvalue weighted by atomic mass is 35.5. The van der Waals surface area contributed by atoms with Crippen LogP contribution in [0.1, 0.15) is 5.69 Å². The lowest BCUT2D eigenvalue weighted by Crippen LogP contribution is -2.17. The molecule has 0 saturated carbocycles. The number of carbonyl (C=O) groups is 1. The lowest BCUT2D eigenvalue weighted by Gasteiger charge is -2.01. The van der Waals surface area contributed by atoms with E-state index in [1.165, 1.54) is 0 Å². The second-order valence-electron chi connectivity index (χ2n) is 2.29. The van der Waals surface area contributed by atoms with E-state index >= 15 is 0 Å². The predicted molar refractivity (Wildman–Crippen MR) is 45.6 cm³/mol. The largest absolute Gasteiger partial charge is 0.481 e. The van der Waals surface area contributed by atoms with Gasteiger partial charge in [-0.05, 0) is 0 Å². The minimum absolute atomic E-state index is 0.0259. The lowest BCUT2D eigenvalue weighted by atomic mass is 10.3. The second-order valence-corrected chi connectivity index (χ2v) is 2.67. The molecule has 7 heteroatoms. The van der Waals surface area contributed by atoms with Crippen molar-refractivity contribution in [3.63, 3.8) is 0 Å². The second kappa shape index (κ2) is 3.44. The third-order valence-electron chi connectivity index (χ3n) is 1.30. The number of H-pyrrole nitrogens is 1. The van der Waals surface area contributed by atoms with Gasteiger partial charge in [-0.2, -0.15) is 4.98 Å². The van der Waals surface area contributed by atoms with Gasteiger partial charge in [0.2, 0.25) is 0 Å². The van der Waals surface area contributed by atoms with Crippen molar-refractivity contribution in [2.24, 2.45) is 0 Å². The van der Waals surface area contributed by atoms with E-state index in [1.54, 1.807) is 0 Å². The highest BCUT2D eigenvalue weighted by molar-refractivity contribution is 6.33. The monoisotopic (exact) mass is 203 g/mol. The molecule has 4 N–H and O–H groups in total. The number of nitrogens with zero attached hydrogens (tertiary/aromatic N) is 1. The number of aromatic amines is 1. The normalized spacial score (nSPS) is 9.92. The fourth-order valence-electron chi connectivity index (χ4n) is 0.798. The van der Waals surface area contributed by atoms with E-state index in [0.29, 0.717) is 0 Å². The minimum atomic E-state index is -1.11. The number of anilines is 1. The van der Waals surface area contributed by atoms with Crippen LogP contribution in [0.15, 0.2) is 4.79 Å². The average molecular weight is 204 g/mol. The highest BCUT2D eigenvalue weighted by Crippen LogP contribution is 2.17. The molecule has 0 radical (unpaired) electrons. The molecule has 0 saturated heterocycles. The molecule has 6 nitrogen and oxygen atoms in total. The molecule has 70 valence electrons. The van der Waals surface area contributed by atoms with E-state index in [0.717, 1.165) is 0 Å². The van der Waals surface area contributed by atoms with Gasteiger partial charge < -0.3 is 15.8 Å². The Bertz CT molecular complexity index is 401. The zero-order chi connectivity index (χ0) is 10.0. The molecule has 0 aliphatic carbocycles. The molecule has 0 aromatic carbocycles. The summed E-state index contributed by atoms with van der Waals surface area (Å²) >= 11 is 5.59. The number of hydrogen-bond donors (Lipinski definition) is 3. The summed E-state index contributed by atoms with van der Waals surface area (Å²) in [5, 5.41) is 8.41. The Hall–Kier alpha value is -1.56. The number of nitrogens with one attached hydrogen (secondary N) is 1. The minimum Gasteiger partial charge on any atom is -0.481 e. The quantitative estimate of drug-likeness (QED) is 0.608. The average Bonchev–Trinajstić information content (AvgIpc) is 1.98. The van der Waals surface area contributed by atoms with Gasteiger partial charge in [0.05, 0.1) is 12.1 Å². The van der Waals surface area contributed by atoms with Gasteiger partial charge in [-0.25, -0.2) is 4.79 Å². The number of aliphatic carboxylic acids is 1. The zero-order valence-electron chi connectivity index (χ0n) is 6.37. The standard InChI is InChI=1S/C6H6ClN3O3/c7-4-2(1-3(11)12)9-6(13)10-5(4)8/h1H2,(H,11,12)(H3,8,9,10,13). The van der Waals surface area contributed by atoms with Gasteiger partial charge in [-0.3, -0.25) is 4.79 Å². The van der Waals surface area contributed by atoms with Gasteiger partial charge in [0.1, 0.15) is 10.8 Å². The molecule has 0 atom stereocenters. The summed E-state index contributed by atoms with van der Waals surface area (Å²) in [6.45, 7) is 0. The van der Waals surface area contributed by atoms with E-state index in [1.807, 2.05) is 0 Å². The van der Waals surface area contributed by atoms with Crippen molar-refractivity contribution in [1.29, 1.82) is 0 Å².